The van der Waals surface area contributed by atoms with Crippen LogP contribution in [0.4, 0.5) is 10.2 Å². The van der Waals surface area contributed by atoms with Gasteiger partial charge in [0.2, 0.25) is 0 Å². The number of aromatic nitrogens is 3. The lowest BCUT2D eigenvalue weighted by Gasteiger charge is -2.31. The number of pyridine rings is 2. The van der Waals surface area contributed by atoms with Crippen molar-refractivity contribution in [2.24, 2.45) is 5.92 Å². The molecule has 1 aromatic carbocycles. The van der Waals surface area contributed by atoms with Crippen LogP contribution in [0.15, 0.2) is 60.4 Å². The van der Waals surface area contributed by atoms with Crippen LogP contribution < -0.4 is 5.73 Å². The Bertz CT molecular complexity index is 1410. The summed E-state index contributed by atoms with van der Waals surface area (Å²) in [4.78, 5) is 8.64. The summed E-state index contributed by atoms with van der Waals surface area (Å²) in [6.07, 6.45) is 4.86. The molecule has 33 heavy (non-hydrogen) atoms. The van der Waals surface area contributed by atoms with E-state index in [1.165, 1.54) is 12.1 Å². The van der Waals surface area contributed by atoms with Gasteiger partial charge in [-0.15, -0.1) is 0 Å². The monoisotopic (exact) mass is 466 g/mol. The maximum Gasteiger partial charge on any atom is 0.142 e. The zero-order chi connectivity index (χ0) is 23.5. The molecule has 0 saturated heterocycles. The van der Waals surface area contributed by atoms with Crippen molar-refractivity contribution in [3.8, 4) is 0 Å². The maximum atomic E-state index is 14.7. The van der Waals surface area contributed by atoms with Crippen molar-refractivity contribution >= 4 is 39.4 Å². The Kier molecular flexibility index (Phi) is 5.16. The molecule has 0 aliphatic heterocycles. The van der Waals surface area contributed by atoms with E-state index in [9.17, 15) is 14.6 Å². The first-order valence-electron chi connectivity index (χ1n) is 10.7. The smallest absolute Gasteiger partial charge is 0.142 e. The zero-order valence-electron chi connectivity index (χ0n) is 18.2. The van der Waals surface area contributed by atoms with Crippen LogP contribution >= 0.6 is 11.6 Å². The third-order valence-electron chi connectivity index (χ3n) is 6.63. The molecule has 0 spiro atoms. The number of halogens is 2. The van der Waals surface area contributed by atoms with E-state index in [-0.39, 0.29) is 16.8 Å². The highest BCUT2D eigenvalue weighted by atomic mass is 35.5. The van der Waals surface area contributed by atoms with Crippen LogP contribution in [0.25, 0.3) is 21.9 Å². The number of rotatable bonds is 4. The predicted octanol–water partition coefficient (Wildman–Crippen LogP) is 4.43. The van der Waals surface area contributed by atoms with E-state index in [1.807, 2.05) is 42.0 Å². The Morgan fingerprint density at radius 1 is 1.30 bits per heavy atom. The molecule has 1 aliphatic rings. The molecule has 3 aromatic heterocycles. The molecule has 1 aliphatic carbocycles. The summed E-state index contributed by atoms with van der Waals surface area (Å²) in [5.41, 5.74) is 6.92. The number of fused-ring (bicyclic) bond motifs is 2. The van der Waals surface area contributed by atoms with Gasteiger partial charge in [0.15, 0.2) is 0 Å². The second-order valence-corrected chi connectivity index (χ2v) is 9.36. The summed E-state index contributed by atoms with van der Waals surface area (Å²) in [7, 11) is 0. The number of aliphatic hydroxyl groups excluding tert-OH is 1. The van der Waals surface area contributed by atoms with Crippen molar-refractivity contribution in [2.75, 3.05) is 5.73 Å². The number of hydrogen-bond acceptors (Lipinski definition) is 5. The van der Waals surface area contributed by atoms with Gasteiger partial charge in [0.1, 0.15) is 29.0 Å². The lowest BCUT2D eigenvalue weighted by atomic mass is 9.84. The highest BCUT2D eigenvalue weighted by Crippen LogP contribution is 2.43. The summed E-state index contributed by atoms with van der Waals surface area (Å²) >= 11 is 5.99. The molecular weight excluding hydrogens is 443 g/mol. The highest BCUT2D eigenvalue weighted by molar-refractivity contribution is 6.33. The van der Waals surface area contributed by atoms with Crippen molar-refractivity contribution in [3.63, 3.8) is 0 Å². The summed E-state index contributed by atoms with van der Waals surface area (Å²) in [6.45, 7) is 3.57. The Morgan fingerprint density at radius 3 is 2.88 bits per heavy atom. The molecule has 0 fully saturated rings. The largest absolute Gasteiger partial charge is 0.387 e. The number of aliphatic hydroxyl groups is 2. The van der Waals surface area contributed by atoms with Gasteiger partial charge in [-0.25, -0.2) is 14.4 Å². The number of hydrogen-bond donors (Lipinski definition) is 3. The van der Waals surface area contributed by atoms with Gasteiger partial charge in [-0.2, -0.15) is 0 Å². The topological polar surface area (TPSA) is 97.2 Å². The highest BCUT2D eigenvalue weighted by Gasteiger charge is 2.47. The molecule has 0 bridgehead atoms. The van der Waals surface area contributed by atoms with Gasteiger partial charge >= 0.3 is 0 Å². The van der Waals surface area contributed by atoms with Crippen molar-refractivity contribution in [1.82, 2.24) is 14.5 Å². The number of nitrogen functional groups attached to an aromatic ring is 1. The van der Waals surface area contributed by atoms with E-state index >= 15 is 0 Å². The molecule has 8 heteroatoms. The second kappa shape index (κ2) is 7.80. The fraction of sp³-hybridized carbons (Fsp3) is 0.280. The van der Waals surface area contributed by atoms with E-state index in [2.05, 4.69) is 9.97 Å². The summed E-state index contributed by atoms with van der Waals surface area (Å²) in [5.74, 6) is -0.455. The van der Waals surface area contributed by atoms with E-state index < -0.39 is 23.6 Å². The van der Waals surface area contributed by atoms with Crippen LogP contribution in [-0.4, -0.2) is 36.5 Å². The predicted molar refractivity (Wildman–Crippen MR) is 127 cm³/mol. The molecule has 0 saturated carbocycles. The van der Waals surface area contributed by atoms with Crippen LogP contribution in [0.5, 0.6) is 0 Å². The Hall–Kier alpha value is -3.00. The van der Waals surface area contributed by atoms with Gasteiger partial charge in [-0.05, 0) is 66.8 Å². The second-order valence-electron chi connectivity index (χ2n) is 8.95. The first-order chi connectivity index (χ1) is 15.7. The SMILES string of the molecule is CC(Cc1cc(F)c2cc(Cl)c(N)nc2c1)C1=C[C@@H](n2ccc3cccnc32)[C@H](O)[C@]1(C)O. The van der Waals surface area contributed by atoms with Crippen LogP contribution in [-0.2, 0) is 6.42 Å². The summed E-state index contributed by atoms with van der Waals surface area (Å²) < 4.78 is 16.6. The van der Waals surface area contributed by atoms with Gasteiger partial charge in [0.25, 0.3) is 0 Å². The lowest BCUT2D eigenvalue weighted by molar-refractivity contribution is -0.0421. The molecule has 1 unspecified atom stereocenters. The minimum atomic E-state index is -1.44. The molecule has 4 aromatic rings. The average molecular weight is 467 g/mol. The molecule has 6 nitrogen and oxygen atoms in total. The van der Waals surface area contributed by atoms with Gasteiger partial charge in [0, 0.05) is 23.2 Å². The van der Waals surface area contributed by atoms with Gasteiger partial charge in [-0.3, -0.25) is 0 Å². The quantitative estimate of drug-likeness (QED) is 0.386. The van der Waals surface area contributed by atoms with Crippen LogP contribution in [0, 0.1) is 11.7 Å². The lowest BCUT2D eigenvalue weighted by Crippen LogP contribution is -2.42. The third kappa shape index (κ3) is 3.57. The number of benzene rings is 1. The van der Waals surface area contributed by atoms with Crippen molar-refractivity contribution in [3.05, 3.63) is 76.8 Å². The van der Waals surface area contributed by atoms with Crippen LogP contribution in [0.3, 0.4) is 0 Å². The fourth-order valence-corrected chi connectivity index (χ4v) is 5.08. The Morgan fingerprint density at radius 2 is 2.09 bits per heavy atom. The first-order valence-corrected chi connectivity index (χ1v) is 11.1. The fourth-order valence-electron chi connectivity index (χ4n) is 4.93. The normalized spacial score (nSPS) is 23.9. The van der Waals surface area contributed by atoms with Crippen LogP contribution in [0.1, 0.15) is 25.5 Å². The van der Waals surface area contributed by atoms with Gasteiger partial charge in [-0.1, -0.05) is 24.6 Å². The summed E-state index contributed by atoms with van der Waals surface area (Å²) in [6, 6.07) is 9.98. The zero-order valence-corrected chi connectivity index (χ0v) is 19.0. The molecule has 170 valence electrons. The molecule has 0 amide bonds. The minimum Gasteiger partial charge on any atom is -0.387 e. The summed E-state index contributed by atoms with van der Waals surface area (Å²) in [5, 5.41) is 23.7. The van der Waals surface area contributed by atoms with E-state index in [1.54, 1.807) is 19.2 Å². The van der Waals surface area contributed by atoms with E-state index in [4.69, 9.17) is 17.3 Å². The number of nitrogens with two attached hydrogens (primary N) is 1. The average Bonchev–Trinajstić information content (AvgIpc) is 3.28. The molecular formula is C25H24ClFN4O2. The number of nitrogens with zero attached hydrogens (tertiary/aromatic N) is 3. The molecule has 3 heterocycles. The maximum absolute atomic E-state index is 14.7. The van der Waals surface area contributed by atoms with E-state index in [0.29, 0.717) is 28.5 Å². The van der Waals surface area contributed by atoms with E-state index in [0.717, 1.165) is 11.0 Å². The molecule has 0 radical (unpaired) electrons. The number of anilines is 1. The van der Waals surface area contributed by atoms with Crippen molar-refractivity contribution < 1.29 is 14.6 Å². The Balaban J connectivity index is 1.49. The Labute approximate surface area is 195 Å². The standard InChI is InChI=1S/C25H24ClFN4O2/c1-13(8-14-9-19(27)16-11-18(26)23(28)30-20(16)10-14)17-12-21(22(32)25(17,2)33)31-7-5-15-4-3-6-29-24(15)31/h3-7,9-13,21-22,32-33H,8H2,1-2H3,(H2,28,30)/t13?,21-,22+,25-/m1/s1. The van der Waals surface area contributed by atoms with Crippen LogP contribution in [0.2, 0.25) is 5.02 Å². The van der Waals surface area contributed by atoms with Crippen molar-refractivity contribution in [2.45, 2.75) is 38.0 Å². The molecule has 4 N–H and O–H groups in total. The van der Waals surface area contributed by atoms with Crippen molar-refractivity contribution in [1.29, 1.82) is 0 Å². The van der Waals surface area contributed by atoms with Gasteiger partial charge < -0.3 is 20.5 Å². The first kappa shape index (κ1) is 21.8. The third-order valence-corrected chi connectivity index (χ3v) is 6.93. The minimum absolute atomic E-state index is 0.147. The molecule has 4 atom stereocenters. The molecule has 5 rings (SSSR count). The van der Waals surface area contributed by atoms with Gasteiger partial charge in [0.05, 0.1) is 16.6 Å².